The minimum absolute atomic E-state index is 0.0646. The molecule has 1 amide bonds. The van der Waals surface area contributed by atoms with E-state index >= 15 is 0 Å². The molecule has 1 fully saturated rings. The molecule has 0 unspecified atom stereocenters. The fraction of sp³-hybridized carbons (Fsp3) is 0.400. The molecule has 0 aliphatic carbocycles. The van der Waals surface area contributed by atoms with Crippen LogP contribution in [0.4, 0.5) is 0 Å². The number of carbonyl (C=O) groups is 1. The van der Waals surface area contributed by atoms with Gasteiger partial charge in [0.1, 0.15) is 5.75 Å². The average Bonchev–Trinajstić information content (AvgIpc) is 3.39. The molecule has 1 aromatic heterocycles. The van der Waals surface area contributed by atoms with Crippen molar-refractivity contribution in [3.05, 3.63) is 77.5 Å². The second-order valence-electron chi connectivity index (χ2n) is 8.61. The Kier molecular flexibility index (Phi) is 6.85. The van der Waals surface area contributed by atoms with Gasteiger partial charge in [-0.25, -0.2) is 0 Å². The first-order valence-electron chi connectivity index (χ1n) is 11.1. The van der Waals surface area contributed by atoms with Crippen molar-refractivity contribution in [1.82, 2.24) is 20.4 Å². The van der Waals surface area contributed by atoms with Gasteiger partial charge in [0.2, 0.25) is 11.8 Å². The number of nitrogens with zero attached hydrogens (tertiary/aromatic N) is 3. The fourth-order valence-electron chi connectivity index (χ4n) is 4.16. The largest absolute Gasteiger partial charge is 0.491 e. The zero-order valence-corrected chi connectivity index (χ0v) is 18.8. The molecule has 1 aliphatic heterocycles. The molecule has 168 valence electrons. The van der Waals surface area contributed by atoms with Crippen LogP contribution < -0.4 is 10.1 Å². The Balaban J connectivity index is 1.42. The Hall–Kier alpha value is -3.19. The molecule has 1 N–H and O–H groups in total. The van der Waals surface area contributed by atoms with E-state index in [-0.39, 0.29) is 23.8 Å². The summed E-state index contributed by atoms with van der Waals surface area (Å²) in [6, 6.07) is 17.5. The van der Waals surface area contributed by atoms with Crippen molar-refractivity contribution < 1.29 is 13.9 Å². The Bertz CT molecular complexity index is 1020. The quantitative estimate of drug-likeness (QED) is 0.581. The van der Waals surface area contributed by atoms with E-state index in [0.717, 1.165) is 25.4 Å². The van der Waals surface area contributed by atoms with E-state index in [1.807, 2.05) is 56.3 Å². The third-order valence-corrected chi connectivity index (χ3v) is 5.64. The van der Waals surface area contributed by atoms with Crippen LogP contribution in [0.2, 0.25) is 0 Å². The van der Waals surface area contributed by atoms with Crippen molar-refractivity contribution in [2.24, 2.45) is 5.92 Å². The molecule has 2 atom stereocenters. The first kappa shape index (κ1) is 22.0. The van der Waals surface area contributed by atoms with E-state index in [2.05, 4.69) is 32.5 Å². The number of aryl methyl sites for hydroxylation is 1. The number of hydrogen-bond acceptors (Lipinski definition) is 6. The lowest BCUT2D eigenvalue weighted by molar-refractivity contribution is 0.0945. The van der Waals surface area contributed by atoms with Crippen LogP contribution in [0.3, 0.4) is 0 Å². The second-order valence-corrected chi connectivity index (χ2v) is 8.61. The first-order chi connectivity index (χ1) is 15.5. The molecule has 1 saturated heterocycles. The number of likely N-dealkylation sites (tertiary alicyclic amines) is 1. The van der Waals surface area contributed by atoms with E-state index in [4.69, 9.17) is 9.15 Å². The Morgan fingerprint density at radius 1 is 1.12 bits per heavy atom. The van der Waals surface area contributed by atoms with E-state index < -0.39 is 0 Å². The Morgan fingerprint density at radius 2 is 1.88 bits per heavy atom. The lowest BCUT2D eigenvalue weighted by Crippen LogP contribution is -2.32. The summed E-state index contributed by atoms with van der Waals surface area (Å²) in [7, 11) is 0. The van der Waals surface area contributed by atoms with Crippen LogP contribution in [-0.2, 0) is 6.54 Å². The Labute approximate surface area is 188 Å². The molecule has 0 spiro atoms. The molecular weight excluding hydrogens is 404 g/mol. The van der Waals surface area contributed by atoms with Crippen LogP contribution >= 0.6 is 0 Å². The molecular formula is C25H30N4O3. The topological polar surface area (TPSA) is 80.5 Å². The zero-order valence-electron chi connectivity index (χ0n) is 18.8. The Morgan fingerprint density at radius 3 is 2.53 bits per heavy atom. The van der Waals surface area contributed by atoms with E-state index in [0.29, 0.717) is 23.9 Å². The van der Waals surface area contributed by atoms with Crippen LogP contribution in [0.1, 0.15) is 47.5 Å². The molecule has 7 heteroatoms. The van der Waals surface area contributed by atoms with Gasteiger partial charge in [0.05, 0.1) is 12.0 Å². The van der Waals surface area contributed by atoms with Gasteiger partial charge < -0.3 is 14.5 Å². The van der Waals surface area contributed by atoms with Crippen LogP contribution in [-0.4, -0.2) is 46.7 Å². The summed E-state index contributed by atoms with van der Waals surface area (Å²) in [5, 5.41) is 11.4. The fourth-order valence-corrected chi connectivity index (χ4v) is 4.16. The van der Waals surface area contributed by atoms with Crippen molar-refractivity contribution in [2.75, 3.05) is 19.6 Å². The maximum atomic E-state index is 12.5. The normalized spacial score (nSPS) is 18.8. The summed E-state index contributed by atoms with van der Waals surface area (Å²) in [6.07, 6.45) is 0.157. The molecule has 0 radical (unpaired) electrons. The summed E-state index contributed by atoms with van der Waals surface area (Å²) in [5.74, 6) is 2.29. The number of aromatic nitrogens is 2. The van der Waals surface area contributed by atoms with Gasteiger partial charge in [0, 0.05) is 44.6 Å². The standard InChI is InChI=1S/C25H30N4O3/c1-17(2)31-22-11-9-19(10-12-22)14-29-15-21(23(16-29)25-28-27-18(3)32-25)13-26-24(30)20-7-5-4-6-8-20/h4-12,17,21,23H,13-16H2,1-3H3,(H,26,30)/t21-,23-/m0/s1. The lowest BCUT2D eigenvalue weighted by atomic mass is 9.96. The van der Waals surface area contributed by atoms with Crippen LogP contribution in [0.15, 0.2) is 59.0 Å². The van der Waals surface area contributed by atoms with Gasteiger partial charge in [-0.15, -0.1) is 10.2 Å². The molecule has 3 aromatic rings. The van der Waals surface area contributed by atoms with Gasteiger partial charge in [-0.1, -0.05) is 30.3 Å². The monoisotopic (exact) mass is 434 g/mol. The second kappa shape index (κ2) is 9.96. The van der Waals surface area contributed by atoms with Crippen molar-refractivity contribution >= 4 is 5.91 Å². The highest BCUT2D eigenvalue weighted by molar-refractivity contribution is 5.94. The predicted octanol–water partition coefficient (Wildman–Crippen LogP) is 3.81. The first-order valence-corrected chi connectivity index (χ1v) is 11.1. The third kappa shape index (κ3) is 5.53. The van der Waals surface area contributed by atoms with E-state index in [1.165, 1.54) is 5.56 Å². The van der Waals surface area contributed by atoms with Gasteiger partial charge in [0.25, 0.3) is 5.91 Å². The molecule has 0 bridgehead atoms. The number of amides is 1. The number of nitrogens with one attached hydrogen (secondary N) is 1. The van der Waals surface area contributed by atoms with Crippen molar-refractivity contribution in [3.8, 4) is 5.75 Å². The number of benzene rings is 2. The summed E-state index contributed by atoms with van der Waals surface area (Å²) >= 11 is 0. The van der Waals surface area contributed by atoms with Crippen LogP contribution in [0.5, 0.6) is 5.75 Å². The van der Waals surface area contributed by atoms with E-state index in [1.54, 1.807) is 6.92 Å². The van der Waals surface area contributed by atoms with Crippen molar-refractivity contribution in [2.45, 2.75) is 39.3 Å². The summed E-state index contributed by atoms with van der Waals surface area (Å²) < 4.78 is 11.5. The number of hydrogen-bond donors (Lipinski definition) is 1. The predicted molar refractivity (Wildman–Crippen MR) is 122 cm³/mol. The molecule has 2 aromatic carbocycles. The van der Waals surface area contributed by atoms with E-state index in [9.17, 15) is 4.79 Å². The minimum atomic E-state index is -0.0646. The highest BCUT2D eigenvalue weighted by Gasteiger charge is 2.37. The van der Waals surface area contributed by atoms with Gasteiger partial charge in [-0.3, -0.25) is 9.69 Å². The zero-order chi connectivity index (χ0) is 22.5. The summed E-state index contributed by atoms with van der Waals surface area (Å²) in [4.78, 5) is 14.9. The van der Waals surface area contributed by atoms with Crippen molar-refractivity contribution in [3.63, 3.8) is 0 Å². The van der Waals surface area contributed by atoms with Gasteiger partial charge in [-0.05, 0) is 43.7 Å². The van der Waals surface area contributed by atoms with Crippen LogP contribution in [0, 0.1) is 12.8 Å². The SMILES string of the molecule is Cc1nnc([C@H]2CN(Cc3ccc(OC(C)C)cc3)C[C@@H]2CNC(=O)c2ccccc2)o1. The van der Waals surface area contributed by atoms with Crippen LogP contribution in [0.25, 0.3) is 0 Å². The number of rotatable bonds is 8. The molecule has 1 aliphatic rings. The molecule has 32 heavy (non-hydrogen) atoms. The maximum absolute atomic E-state index is 12.5. The number of carbonyl (C=O) groups excluding carboxylic acids is 1. The molecule has 0 saturated carbocycles. The lowest BCUT2D eigenvalue weighted by Gasteiger charge is -2.17. The minimum Gasteiger partial charge on any atom is -0.491 e. The van der Waals surface area contributed by atoms with Gasteiger partial charge >= 0.3 is 0 Å². The molecule has 4 rings (SSSR count). The molecule has 7 nitrogen and oxygen atoms in total. The number of ether oxygens (including phenoxy) is 1. The molecule has 2 heterocycles. The highest BCUT2D eigenvalue weighted by Crippen LogP contribution is 2.32. The summed E-state index contributed by atoms with van der Waals surface area (Å²) in [5.41, 5.74) is 1.88. The average molecular weight is 435 g/mol. The van der Waals surface area contributed by atoms with Gasteiger partial charge in [0.15, 0.2) is 0 Å². The van der Waals surface area contributed by atoms with Crippen molar-refractivity contribution in [1.29, 1.82) is 0 Å². The third-order valence-electron chi connectivity index (χ3n) is 5.64. The maximum Gasteiger partial charge on any atom is 0.251 e. The summed E-state index contributed by atoms with van der Waals surface area (Å²) in [6.45, 7) is 8.86. The highest BCUT2D eigenvalue weighted by atomic mass is 16.5. The smallest absolute Gasteiger partial charge is 0.251 e. The van der Waals surface area contributed by atoms with Gasteiger partial charge in [-0.2, -0.15) is 0 Å².